The van der Waals surface area contributed by atoms with Gasteiger partial charge in [-0.1, -0.05) is 54.9 Å². The van der Waals surface area contributed by atoms with Crippen LogP contribution in [0.5, 0.6) is 0 Å². The number of ether oxygens (including phenoxy) is 1. The molecule has 2 aromatic carbocycles. The number of imidazole rings is 1. The highest BCUT2D eigenvalue weighted by Crippen LogP contribution is 2.26. The number of carbonyl (C=O) groups excluding carboxylic acids is 2. The molecule has 0 bridgehead atoms. The lowest BCUT2D eigenvalue weighted by Crippen LogP contribution is -2.51. The van der Waals surface area contributed by atoms with Crippen molar-refractivity contribution in [1.82, 2.24) is 20.2 Å². The van der Waals surface area contributed by atoms with Crippen LogP contribution in [0.2, 0.25) is 0 Å². The number of hydrogen-bond acceptors (Lipinski definition) is 4. The van der Waals surface area contributed by atoms with Gasteiger partial charge in [-0.2, -0.15) is 0 Å². The van der Waals surface area contributed by atoms with Crippen LogP contribution in [0.1, 0.15) is 33.0 Å². The molecule has 0 aliphatic rings. The molecule has 0 fully saturated rings. The van der Waals surface area contributed by atoms with Gasteiger partial charge in [0, 0.05) is 16.6 Å². The van der Waals surface area contributed by atoms with Gasteiger partial charge in [0.25, 0.3) is 0 Å². The molecule has 3 aromatic rings. The Kier molecular flexibility index (Phi) is 7.90. The number of aromatic amines is 1. The van der Waals surface area contributed by atoms with Gasteiger partial charge in [0.05, 0.1) is 25.5 Å². The maximum Gasteiger partial charge on any atom is 0.407 e. The number of hydrogen-bond donors (Lipinski definition) is 2. The summed E-state index contributed by atoms with van der Waals surface area (Å²) in [5.41, 5.74) is 1.92. The Balaban J connectivity index is 1.79. The van der Waals surface area contributed by atoms with Gasteiger partial charge in [-0.05, 0) is 41.3 Å². The molecule has 0 aliphatic carbocycles. The third-order valence-corrected chi connectivity index (χ3v) is 5.77. The minimum atomic E-state index is -0.664. The minimum Gasteiger partial charge on any atom is -0.453 e. The Bertz CT molecular complexity index is 1100. The molecule has 3 rings (SSSR count). The number of H-pyrrole nitrogens is 1. The quantitative estimate of drug-likeness (QED) is 0.449. The predicted molar refractivity (Wildman–Crippen MR) is 129 cm³/mol. The highest BCUT2D eigenvalue weighted by molar-refractivity contribution is 9.10. The molecule has 0 spiro atoms. The number of aromatic nitrogens is 2. The number of carbonyl (C=O) groups is 2. The fourth-order valence-electron chi connectivity index (χ4n) is 3.59. The van der Waals surface area contributed by atoms with E-state index in [-0.39, 0.29) is 11.8 Å². The molecular formula is C24H29BrN4O3. The van der Waals surface area contributed by atoms with Gasteiger partial charge >= 0.3 is 6.09 Å². The van der Waals surface area contributed by atoms with Crippen LogP contribution in [0.4, 0.5) is 4.79 Å². The molecule has 1 aromatic heterocycles. The van der Waals surface area contributed by atoms with Crippen molar-refractivity contribution in [3.05, 3.63) is 52.9 Å². The summed E-state index contributed by atoms with van der Waals surface area (Å²) < 4.78 is 5.73. The second-order valence-corrected chi connectivity index (χ2v) is 8.98. The van der Waals surface area contributed by atoms with E-state index in [1.165, 1.54) is 7.11 Å². The summed E-state index contributed by atoms with van der Waals surface area (Å²) in [7, 11) is 1.29. The summed E-state index contributed by atoms with van der Waals surface area (Å²) in [4.78, 5) is 34.5. The van der Waals surface area contributed by atoms with Crippen LogP contribution in [0.3, 0.4) is 0 Å². The van der Waals surface area contributed by atoms with E-state index in [1.807, 2.05) is 26.8 Å². The average Bonchev–Trinajstić information content (AvgIpc) is 3.24. The number of methoxy groups -OCH3 is 1. The van der Waals surface area contributed by atoms with Crippen LogP contribution in [0.15, 0.2) is 47.1 Å². The van der Waals surface area contributed by atoms with Crippen molar-refractivity contribution in [3.8, 4) is 11.3 Å². The second-order valence-electron chi connectivity index (χ2n) is 8.07. The number of halogens is 1. The van der Waals surface area contributed by atoms with Crippen LogP contribution < -0.4 is 5.32 Å². The molecule has 170 valence electrons. The Morgan fingerprint density at radius 3 is 2.59 bits per heavy atom. The van der Waals surface area contributed by atoms with Crippen molar-refractivity contribution in [2.45, 2.75) is 39.8 Å². The number of rotatable bonds is 8. The maximum atomic E-state index is 13.2. The number of amides is 2. The Hall–Kier alpha value is -2.87. The van der Waals surface area contributed by atoms with Gasteiger partial charge in [0.15, 0.2) is 0 Å². The third kappa shape index (κ3) is 5.68. The lowest BCUT2D eigenvalue weighted by atomic mass is 10.0. The molecule has 0 unspecified atom stereocenters. The molecule has 8 heteroatoms. The average molecular weight is 501 g/mol. The Morgan fingerprint density at radius 1 is 1.19 bits per heavy atom. The monoisotopic (exact) mass is 500 g/mol. The highest BCUT2D eigenvalue weighted by atomic mass is 79.9. The zero-order chi connectivity index (χ0) is 23.3. The van der Waals surface area contributed by atoms with E-state index in [0.717, 1.165) is 32.9 Å². The third-order valence-electron chi connectivity index (χ3n) is 5.28. The number of fused-ring (bicyclic) bond motifs is 1. The maximum absolute atomic E-state index is 13.2. The van der Waals surface area contributed by atoms with E-state index in [2.05, 4.69) is 66.3 Å². The van der Waals surface area contributed by atoms with Crippen molar-refractivity contribution in [2.75, 3.05) is 13.7 Å². The minimum absolute atomic E-state index is 0.0780. The first kappa shape index (κ1) is 23.8. The van der Waals surface area contributed by atoms with Crippen LogP contribution in [0.25, 0.3) is 22.0 Å². The van der Waals surface area contributed by atoms with Crippen LogP contribution in [0, 0.1) is 5.92 Å². The molecule has 2 amide bonds. The fraction of sp³-hybridized carbons (Fsp3) is 0.375. The van der Waals surface area contributed by atoms with Gasteiger partial charge in [-0.15, -0.1) is 0 Å². The molecule has 2 N–H and O–H groups in total. The fourth-order valence-corrected chi connectivity index (χ4v) is 3.97. The zero-order valence-electron chi connectivity index (χ0n) is 18.8. The highest BCUT2D eigenvalue weighted by Gasteiger charge is 2.29. The summed E-state index contributed by atoms with van der Waals surface area (Å²) in [6.45, 7) is 6.70. The number of nitrogens with zero attached hydrogens (tertiary/aromatic N) is 2. The Labute approximate surface area is 196 Å². The van der Waals surface area contributed by atoms with Crippen molar-refractivity contribution in [3.63, 3.8) is 0 Å². The first-order valence-electron chi connectivity index (χ1n) is 10.7. The molecule has 0 aliphatic heterocycles. The largest absolute Gasteiger partial charge is 0.453 e. The van der Waals surface area contributed by atoms with E-state index in [9.17, 15) is 9.59 Å². The lowest BCUT2D eigenvalue weighted by molar-refractivity contribution is -0.135. The smallest absolute Gasteiger partial charge is 0.407 e. The van der Waals surface area contributed by atoms with Gasteiger partial charge < -0.3 is 19.9 Å². The van der Waals surface area contributed by atoms with E-state index < -0.39 is 12.1 Å². The summed E-state index contributed by atoms with van der Waals surface area (Å²) in [5, 5.41) is 4.95. The predicted octanol–water partition coefficient (Wildman–Crippen LogP) is 5.11. The van der Waals surface area contributed by atoms with E-state index in [4.69, 9.17) is 0 Å². The van der Waals surface area contributed by atoms with Crippen molar-refractivity contribution in [2.24, 2.45) is 5.92 Å². The zero-order valence-corrected chi connectivity index (χ0v) is 20.4. The molecule has 1 heterocycles. The number of nitrogens with one attached hydrogen (secondary N) is 2. The number of benzene rings is 2. The first-order chi connectivity index (χ1) is 15.3. The number of alkyl carbamates (subject to hydrolysis) is 1. The second kappa shape index (κ2) is 10.6. The molecule has 1 atom stereocenters. The Morgan fingerprint density at radius 2 is 1.91 bits per heavy atom. The molecule has 0 saturated heterocycles. The van der Waals surface area contributed by atoms with Gasteiger partial charge in [-0.3, -0.25) is 4.79 Å². The molecule has 7 nitrogen and oxygen atoms in total. The van der Waals surface area contributed by atoms with Gasteiger partial charge in [0.2, 0.25) is 5.91 Å². The lowest BCUT2D eigenvalue weighted by Gasteiger charge is -2.28. The molecule has 32 heavy (non-hydrogen) atoms. The van der Waals surface area contributed by atoms with E-state index >= 15 is 0 Å². The summed E-state index contributed by atoms with van der Waals surface area (Å²) in [6.07, 6.45) is 1.97. The van der Waals surface area contributed by atoms with E-state index in [0.29, 0.717) is 18.9 Å². The molecule has 0 radical (unpaired) electrons. The van der Waals surface area contributed by atoms with Crippen molar-refractivity contribution < 1.29 is 14.3 Å². The van der Waals surface area contributed by atoms with Crippen molar-refractivity contribution in [1.29, 1.82) is 0 Å². The standard InChI is InChI=1S/C24H29BrN4O3/c1-5-10-29(23(30)22(15(2)3)28-24(31)32-4)14-21-26-13-20(27-21)18-7-6-17-12-19(25)9-8-16(17)11-18/h6-9,11-13,15,22H,5,10,14H2,1-4H3,(H,26,27)(H,28,31)/t22-/m0/s1. The summed E-state index contributed by atoms with van der Waals surface area (Å²) in [6, 6.07) is 11.8. The normalized spacial score (nSPS) is 12.1. The summed E-state index contributed by atoms with van der Waals surface area (Å²) >= 11 is 3.50. The van der Waals surface area contributed by atoms with Crippen LogP contribution in [-0.2, 0) is 16.1 Å². The molecular weight excluding hydrogens is 472 g/mol. The molecule has 0 saturated carbocycles. The van der Waals surface area contributed by atoms with Gasteiger partial charge in [0.1, 0.15) is 11.9 Å². The van der Waals surface area contributed by atoms with Gasteiger partial charge in [-0.25, -0.2) is 9.78 Å². The summed E-state index contributed by atoms with van der Waals surface area (Å²) in [5.74, 6) is 0.463. The van der Waals surface area contributed by atoms with E-state index in [1.54, 1.807) is 11.1 Å². The van der Waals surface area contributed by atoms with Crippen LogP contribution >= 0.6 is 15.9 Å². The van der Waals surface area contributed by atoms with Crippen molar-refractivity contribution >= 4 is 38.7 Å². The first-order valence-corrected chi connectivity index (χ1v) is 11.5. The van der Waals surface area contributed by atoms with Crippen LogP contribution in [-0.4, -0.2) is 46.6 Å². The SMILES string of the molecule is CCCN(Cc1ncc(-c2ccc3cc(Br)ccc3c2)[nH]1)C(=O)[C@@H](NC(=O)OC)C(C)C. The topological polar surface area (TPSA) is 87.3 Å².